The van der Waals surface area contributed by atoms with Crippen LogP contribution in [0.1, 0.15) is 45.4 Å². The largest absolute Gasteiger partial charge is 0.315 e. The molecule has 1 aliphatic heterocycles. The topological polar surface area (TPSA) is 15.3 Å². The van der Waals surface area contributed by atoms with Crippen LogP contribution in [0.25, 0.3) is 0 Å². The summed E-state index contributed by atoms with van der Waals surface area (Å²) in [5, 5.41) is 3.50. The summed E-state index contributed by atoms with van der Waals surface area (Å²) in [5.41, 5.74) is 0. The first kappa shape index (κ1) is 11.4. The van der Waals surface area contributed by atoms with E-state index in [1.165, 1.54) is 51.6 Å². The Balaban J connectivity index is 1.91. The van der Waals surface area contributed by atoms with Crippen molar-refractivity contribution in [3.63, 3.8) is 0 Å². The Bertz CT molecular complexity index is 193. The summed E-state index contributed by atoms with van der Waals surface area (Å²) >= 11 is 0. The Hall–Kier alpha value is -0.0800. The lowest BCUT2D eigenvalue weighted by atomic mass is 10.0. The lowest BCUT2D eigenvalue weighted by molar-refractivity contribution is 0.180. The molecule has 1 N–H and O–H groups in total. The van der Waals surface area contributed by atoms with Crippen molar-refractivity contribution < 1.29 is 0 Å². The van der Waals surface area contributed by atoms with Gasteiger partial charge in [-0.3, -0.25) is 4.90 Å². The Morgan fingerprint density at radius 1 is 1.00 bits per heavy atom. The summed E-state index contributed by atoms with van der Waals surface area (Å²) in [7, 11) is 2.13. The number of hydrogen-bond acceptors (Lipinski definition) is 2. The van der Waals surface area contributed by atoms with Crippen LogP contribution in [0, 0.1) is 5.92 Å². The van der Waals surface area contributed by atoms with Crippen LogP contribution in [-0.2, 0) is 0 Å². The van der Waals surface area contributed by atoms with E-state index >= 15 is 0 Å². The van der Waals surface area contributed by atoms with Crippen molar-refractivity contribution in [3.8, 4) is 0 Å². The SMILES string of the molecule is CNC1CCCC1N1CCCC(C)CC1. The second-order valence-electron chi connectivity index (χ2n) is 5.47. The highest BCUT2D eigenvalue weighted by Crippen LogP contribution is 2.27. The molecule has 2 heteroatoms. The van der Waals surface area contributed by atoms with Gasteiger partial charge < -0.3 is 5.32 Å². The number of hydrogen-bond donors (Lipinski definition) is 1. The molecule has 15 heavy (non-hydrogen) atoms. The van der Waals surface area contributed by atoms with E-state index in [9.17, 15) is 0 Å². The van der Waals surface area contributed by atoms with Crippen molar-refractivity contribution in [2.45, 2.75) is 57.5 Å². The molecule has 0 spiro atoms. The van der Waals surface area contributed by atoms with Crippen LogP contribution in [0.5, 0.6) is 0 Å². The lowest BCUT2D eigenvalue weighted by Gasteiger charge is -2.32. The molecule has 0 aromatic carbocycles. The van der Waals surface area contributed by atoms with Gasteiger partial charge in [0.05, 0.1) is 0 Å². The first-order valence-corrected chi connectivity index (χ1v) is 6.72. The molecule has 1 saturated heterocycles. The Labute approximate surface area is 94.4 Å². The third-order valence-corrected chi connectivity index (χ3v) is 4.37. The molecule has 2 aliphatic rings. The molecule has 0 aromatic rings. The molecule has 1 saturated carbocycles. The zero-order valence-electron chi connectivity index (χ0n) is 10.3. The summed E-state index contributed by atoms with van der Waals surface area (Å²) in [6.07, 6.45) is 8.48. The average Bonchev–Trinajstić information content (AvgIpc) is 2.61. The van der Waals surface area contributed by atoms with Crippen molar-refractivity contribution in [3.05, 3.63) is 0 Å². The van der Waals surface area contributed by atoms with E-state index in [1.54, 1.807) is 0 Å². The molecular weight excluding hydrogens is 184 g/mol. The zero-order chi connectivity index (χ0) is 10.7. The number of nitrogens with zero attached hydrogens (tertiary/aromatic N) is 1. The van der Waals surface area contributed by atoms with E-state index in [1.807, 2.05) is 0 Å². The summed E-state index contributed by atoms with van der Waals surface area (Å²) < 4.78 is 0. The van der Waals surface area contributed by atoms with E-state index < -0.39 is 0 Å². The standard InChI is InChI=1S/C13H26N2/c1-11-5-4-9-15(10-8-11)13-7-3-6-12(13)14-2/h11-14H,3-10H2,1-2H3. The first-order valence-electron chi connectivity index (χ1n) is 6.72. The number of rotatable bonds is 2. The minimum atomic E-state index is 0.762. The van der Waals surface area contributed by atoms with E-state index in [-0.39, 0.29) is 0 Å². The van der Waals surface area contributed by atoms with Gasteiger partial charge in [0.15, 0.2) is 0 Å². The Morgan fingerprint density at radius 2 is 1.87 bits per heavy atom. The minimum absolute atomic E-state index is 0.762. The molecule has 2 nitrogen and oxygen atoms in total. The third kappa shape index (κ3) is 2.73. The highest BCUT2D eigenvalue weighted by Gasteiger charge is 2.31. The smallest absolute Gasteiger partial charge is 0.0249 e. The van der Waals surface area contributed by atoms with Crippen LogP contribution >= 0.6 is 0 Å². The normalized spacial score (nSPS) is 39.2. The third-order valence-electron chi connectivity index (χ3n) is 4.37. The second kappa shape index (κ2) is 5.31. The monoisotopic (exact) mass is 210 g/mol. The van der Waals surface area contributed by atoms with Crippen LogP contribution in [0.3, 0.4) is 0 Å². The summed E-state index contributed by atoms with van der Waals surface area (Å²) in [6, 6.07) is 1.60. The van der Waals surface area contributed by atoms with Crippen molar-refractivity contribution >= 4 is 0 Å². The van der Waals surface area contributed by atoms with Crippen molar-refractivity contribution in [1.82, 2.24) is 10.2 Å². The van der Waals surface area contributed by atoms with Gasteiger partial charge in [-0.25, -0.2) is 0 Å². The molecule has 2 rings (SSSR count). The van der Waals surface area contributed by atoms with Crippen molar-refractivity contribution in [1.29, 1.82) is 0 Å². The van der Waals surface area contributed by atoms with Gasteiger partial charge in [0.1, 0.15) is 0 Å². The van der Waals surface area contributed by atoms with E-state index in [0.717, 1.165) is 18.0 Å². The molecule has 1 aliphatic carbocycles. The van der Waals surface area contributed by atoms with Crippen LogP contribution in [0.2, 0.25) is 0 Å². The summed E-state index contributed by atoms with van der Waals surface area (Å²) in [6.45, 7) is 5.09. The molecule has 0 aromatic heterocycles. The van der Waals surface area contributed by atoms with Crippen LogP contribution in [-0.4, -0.2) is 37.1 Å². The highest BCUT2D eigenvalue weighted by atomic mass is 15.2. The van der Waals surface area contributed by atoms with Crippen LogP contribution in [0.15, 0.2) is 0 Å². The fourth-order valence-corrected chi connectivity index (χ4v) is 3.33. The molecule has 2 fully saturated rings. The Morgan fingerprint density at radius 3 is 2.67 bits per heavy atom. The molecule has 0 radical (unpaired) electrons. The predicted molar refractivity (Wildman–Crippen MR) is 65.1 cm³/mol. The lowest BCUT2D eigenvalue weighted by Crippen LogP contribution is -2.46. The van der Waals surface area contributed by atoms with Gasteiger partial charge in [-0.05, 0) is 58.2 Å². The molecule has 88 valence electrons. The average molecular weight is 210 g/mol. The van der Waals surface area contributed by atoms with Gasteiger partial charge >= 0.3 is 0 Å². The zero-order valence-corrected chi connectivity index (χ0v) is 10.3. The van der Waals surface area contributed by atoms with Gasteiger partial charge in [-0.1, -0.05) is 13.3 Å². The van der Waals surface area contributed by atoms with Gasteiger partial charge in [-0.2, -0.15) is 0 Å². The highest BCUT2D eigenvalue weighted by molar-refractivity contribution is 4.90. The number of likely N-dealkylation sites (tertiary alicyclic amines) is 1. The van der Waals surface area contributed by atoms with E-state index in [0.29, 0.717) is 0 Å². The molecule has 3 unspecified atom stereocenters. The maximum Gasteiger partial charge on any atom is 0.0249 e. The number of nitrogens with one attached hydrogen (secondary N) is 1. The first-order chi connectivity index (χ1) is 7.31. The maximum atomic E-state index is 3.50. The number of likely N-dealkylation sites (N-methyl/N-ethyl adjacent to an activating group) is 1. The molecular formula is C13H26N2. The van der Waals surface area contributed by atoms with Gasteiger partial charge in [0.2, 0.25) is 0 Å². The molecule has 1 heterocycles. The van der Waals surface area contributed by atoms with Crippen molar-refractivity contribution in [2.24, 2.45) is 5.92 Å². The fraction of sp³-hybridized carbons (Fsp3) is 1.00. The summed E-state index contributed by atoms with van der Waals surface area (Å²) in [4.78, 5) is 2.76. The van der Waals surface area contributed by atoms with Gasteiger partial charge in [0, 0.05) is 12.1 Å². The van der Waals surface area contributed by atoms with Gasteiger partial charge in [0.25, 0.3) is 0 Å². The predicted octanol–water partition coefficient (Wildman–Crippen LogP) is 2.25. The molecule has 0 bridgehead atoms. The van der Waals surface area contributed by atoms with Crippen molar-refractivity contribution in [2.75, 3.05) is 20.1 Å². The molecule has 0 amide bonds. The van der Waals surface area contributed by atoms with Crippen LogP contribution < -0.4 is 5.32 Å². The minimum Gasteiger partial charge on any atom is -0.315 e. The second-order valence-corrected chi connectivity index (χ2v) is 5.47. The quantitative estimate of drug-likeness (QED) is 0.752. The molecule has 3 atom stereocenters. The Kier molecular flexibility index (Phi) is 4.04. The fourth-order valence-electron chi connectivity index (χ4n) is 3.33. The summed E-state index contributed by atoms with van der Waals surface area (Å²) in [5.74, 6) is 0.949. The van der Waals surface area contributed by atoms with Crippen LogP contribution in [0.4, 0.5) is 0 Å². The van der Waals surface area contributed by atoms with Gasteiger partial charge in [-0.15, -0.1) is 0 Å². The van der Waals surface area contributed by atoms with E-state index in [2.05, 4.69) is 24.2 Å². The maximum absolute atomic E-state index is 3.50. The van der Waals surface area contributed by atoms with E-state index in [4.69, 9.17) is 0 Å².